The van der Waals surface area contributed by atoms with E-state index in [2.05, 4.69) is 0 Å². The predicted molar refractivity (Wildman–Crippen MR) is 29.0 cm³/mol. The molecule has 0 radical (unpaired) electrons. The Labute approximate surface area is 79.0 Å². The molecule has 0 rings (SSSR count). The van der Waals surface area contributed by atoms with Crippen LogP contribution in [0.25, 0.3) is 0 Å². The fraction of sp³-hybridized carbons (Fsp3) is 0. The zero-order chi connectivity index (χ0) is 5.41. The van der Waals surface area contributed by atoms with E-state index in [9.17, 15) is 0 Å². The van der Waals surface area contributed by atoms with Gasteiger partial charge in [0.1, 0.15) is 0 Å². The minimum atomic E-state index is -0.833. The summed E-state index contributed by atoms with van der Waals surface area (Å²) >= 11 is 0. The Hall–Kier alpha value is 1.34. The Kier molecular flexibility index (Phi) is 115. The van der Waals surface area contributed by atoms with Crippen molar-refractivity contribution in [2.45, 2.75) is 0 Å². The topological polar surface area (TPSA) is 106 Å². The molecular weight excluding hydrogens is 182 g/mol. The first-order chi connectivity index (χ1) is 2.83. The van der Waals surface area contributed by atoms with E-state index in [0.29, 0.717) is 0 Å². The Morgan fingerprint density at radius 2 is 1.00 bits per heavy atom. The molecule has 0 saturated heterocycles. The molecule has 8 heavy (non-hydrogen) atoms. The SMILES string of the molecule is O.O=PO.O=PO.[Ca+2]. The third-order valence-electron chi connectivity index (χ3n) is 0. The first kappa shape index (κ1) is 22.8. The second kappa shape index (κ2) is 40.3. The standard InChI is InChI=1S/Ca.2HO2P.H2O/c;2*1-3-2;/h;2*(H,1,2);1H2/q+2;;;. The van der Waals surface area contributed by atoms with Crippen LogP contribution in [0.15, 0.2) is 0 Å². The average Bonchev–Trinajstić information content (AvgIpc) is 1.39. The van der Waals surface area contributed by atoms with Crippen LogP contribution in [-0.4, -0.2) is 53.0 Å². The summed E-state index contributed by atoms with van der Waals surface area (Å²) < 4.78 is 16.9. The van der Waals surface area contributed by atoms with Crippen molar-refractivity contribution in [3.63, 3.8) is 0 Å². The van der Waals surface area contributed by atoms with Gasteiger partial charge in [0.15, 0.2) is 0 Å². The summed E-state index contributed by atoms with van der Waals surface area (Å²) in [5.41, 5.74) is 0. The van der Waals surface area contributed by atoms with Crippen LogP contribution in [0, 0.1) is 0 Å². The summed E-state index contributed by atoms with van der Waals surface area (Å²) in [5, 5.41) is 0. The summed E-state index contributed by atoms with van der Waals surface area (Å²) in [6.45, 7) is 0. The van der Waals surface area contributed by atoms with Gasteiger partial charge < -0.3 is 15.3 Å². The van der Waals surface area contributed by atoms with E-state index >= 15 is 0 Å². The molecule has 0 atom stereocenters. The van der Waals surface area contributed by atoms with E-state index in [0.717, 1.165) is 0 Å². The number of hydrogen-bond donors (Lipinski definition) is 2. The molecular formula is H4CaO5P2+2. The van der Waals surface area contributed by atoms with Crippen molar-refractivity contribution in [3.8, 4) is 0 Å². The summed E-state index contributed by atoms with van der Waals surface area (Å²) in [5.74, 6) is 0. The molecule has 0 unspecified atom stereocenters. The van der Waals surface area contributed by atoms with Crippen molar-refractivity contribution in [3.05, 3.63) is 0 Å². The molecule has 4 N–H and O–H groups in total. The predicted octanol–water partition coefficient (Wildman–Crippen LogP) is -0.835. The Morgan fingerprint density at radius 3 is 1.00 bits per heavy atom. The van der Waals surface area contributed by atoms with E-state index in [1.165, 1.54) is 0 Å². The van der Waals surface area contributed by atoms with Gasteiger partial charge >= 0.3 is 55.1 Å². The maximum absolute atomic E-state index is 8.46. The maximum Gasteiger partial charge on any atom is 2.00 e. The molecule has 0 spiro atoms. The fourth-order valence-corrected chi connectivity index (χ4v) is 0. The number of hydrogen-bond acceptors (Lipinski definition) is 2. The van der Waals surface area contributed by atoms with Gasteiger partial charge in [-0.15, -0.1) is 0 Å². The van der Waals surface area contributed by atoms with E-state index in [1.54, 1.807) is 0 Å². The molecule has 0 heterocycles. The second-order valence-corrected chi connectivity index (χ2v) is 0.490. The monoisotopic (exact) mass is 186 g/mol. The van der Waals surface area contributed by atoms with Crippen molar-refractivity contribution in [1.29, 1.82) is 0 Å². The third-order valence-corrected chi connectivity index (χ3v) is 0. The molecule has 0 aliphatic rings. The Bertz CT molecular complexity index is 31.4. The molecule has 0 amide bonds. The van der Waals surface area contributed by atoms with Crippen molar-refractivity contribution >= 4 is 55.1 Å². The maximum atomic E-state index is 8.46. The Morgan fingerprint density at radius 1 is 1.00 bits per heavy atom. The van der Waals surface area contributed by atoms with E-state index in [4.69, 9.17) is 18.9 Å². The van der Waals surface area contributed by atoms with Crippen molar-refractivity contribution in [1.82, 2.24) is 0 Å². The van der Waals surface area contributed by atoms with Gasteiger partial charge in [0.2, 0.25) is 0 Å². The van der Waals surface area contributed by atoms with Gasteiger partial charge in [0, 0.05) is 0 Å². The van der Waals surface area contributed by atoms with Crippen LogP contribution >= 0.6 is 17.4 Å². The van der Waals surface area contributed by atoms with Crippen LogP contribution in [0.2, 0.25) is 0 Å². The molecule has 0 aromatic carbocycles. The van der Waals surface area contributed by atoms with Crippen LogP contribution in [0.5, 0.6) is 0 Å². The normalized spacial score (nSPS) is 5.25. The van der Waals surface area contributed by atoms with E-state index in [-0.39, 0.29) is 43.2 Å². The van der Waals surface area contributed by atoms with Gasteiger partial charge in [0.05, 0.1) is 0 Å². The van der Waals surface area contributed by atoms with Crippen LogP contribution in [-0.2, 0) is 9.13 Å². The van der Waals surface area contributed by atoms with E-state index < -0.39 is 17.4 Å². The smallest absolute Gasteiger partial charge is 0.412 e. The third kappa shape index (κ3) is 164. The minimum absolute atomic E-state index is 0. The quantitative estimate of drug-likeness (QED) is 0.380. The molecule has 5 nitrogen and oxygen atoms in total. The van der Waals surface area contributed by atoms with Crippen LogP contribution in [0.4, 0.5) is 0 Å². The average molecular weight is 186 g/mol. The summed E-state index contributed by atoms with van der Waals surface area (Å²) in [6, 6.07) is 0. The van der Waals surface area contributed by atoms with Gasteiger partial charge in [0.25, 0.3) is 0 Å². The van der Waals surface area contributed by atoms with Gasteiger partial charge in [-0.25, -0.2) is 9.13 Å². The van der Waals surface area contributed by atoms with Gasteiger partial charge in [-0.2, -0.15) is 0 Å². The molecule has 0 aromatic rings. The Balaban J connectivity index is -0.0000000160. The van der Waals surface area contributed by atoms with Crippen molar-refractivity contribution in [2.75, 3.05) is 0 Å². The van der Waals surface area contributed by atoms with Crippen LogP contribution < -0.4 is 0 Å². The van der Waals surface area contributed by atoms with Gasteiger partial charge in [-0.05, 0) is 0 Å². The van der Waals surface area contributed by atoms with Crippen molar-refractivity contribution < 1.29 is 24.4 Å². The second-order valence-electron chi connectivity index (χ2n) is 0.163. The molecule has 0 bridgehead atoms. The zero-order valence-corrected chi connectivity index (χ0v) is 7.81. The van der Waals surface area contributed by atoms with E-state index in [1.807, 2.05) is 0 Å². The van der Waals surface area contributed by atoms with Gasteiger partial charge in [-0.1, -0.05) is 0 Å². The summed E-state index contributed by atoms with van der Waals surface area (Å²) in [7, 11) is -1.67. The molecule has 0 aliphatic carbocycles. The molecule has 0 aromatic heterocycles. The van der Waals surface area contributed by atoms with Crippen molar-refractivity contribution in [2.24, 2.45) is 0 Å². The molecule has 0 saturated carbocycles. The molecule has 0 fully saturated rings. The molecule has 0 aliphatic heterocycles. The van der Waals surface area contributed by atoms with Gasteiger partial charge in [-0.3, -0.25) is 0 Å². The summed E-state index contributed by atoms with van der Waals surface area (Å²) in [4.78, 5) is 14.0. The zero-order valence-electron chi connectivity index (χ0n) is 3.81. The first-order valence-corrected chi connectivity index (χ1v) is 2.30. The van der Waals surface area contributed by atoms with Crippen LogP contribution in [0.1, 0.15) is 0 Å². The fourth-order valence-electron chi connectivity index (χ4n) is 0. The minimum Gasteiger partial charge on any atom is -0.412 e. The summed E-state index contributed by atoms with van der Waals surface area (Å²) in [6.07, 6.45) is 0. The molecule has 44 valence electrons. The number of rotatable bonds is 0. The molecule has 8 heteroatoms. The largest absolute Gasteiger partial charge is 2.00 e. The first-order valence-electron chi connectivity index (χ1n) is 0.765. The van der Waals surface area contributed by atoms with Crippen LogP contribution in [0.3, 0.4) is 0 Å².